The largest absolute Gasteiger partial charge is 0.493 e. The first-order valence-corrected chi connectivity index (χ1v) is 7.10. The fourth-order valence-corrected chi connectivity index (χ4v) is 2.65. The average Bonchev–Trinajstić information content (AvgIpc) is 2.82. The predicted molar refractivity (Wildman–Crippen MR) is 77.2 cm³/mol. The zero-order chi connectivity index (χ0) is 14.5. The summed E-state index contributed by atoms with van der Waals surface area (Å²) in [5.41, 5.74) is 2.57. The van der Waals surface area contributed by atoms with Crippen LogP contribution in [0.2, 0.25) is 0 Å². The van der Waals surface area contributed by atoms with Gasteiger partial charge in [0, 0.05) is 6.42 Å². The van der Waals surface area contributed by atoms with Crippen LogP contribution in [0.3, 0.4) is 0 Å². The van der Waals surface area contributed by atoms with Crippen LogP contribution in [0.15, 0.2) is 16.9 Å². The molecule has 0 atom stereocenters. The topological polar surface area (TPSA) is 78.8 Å². The molecule has 0 radical (unpaired) electrons. The third kappa shape index (κ3) is 3.45. The standard InChI is InChI=1S/C14H15N3O2S/c1-9-6-11(8-15)7-10(2)13(9)19-5-3-4-12-16-17-14(18)20-12/h6-7H,3-5H2,1-2H3,(H,17,18). The highest BCUT2D eigenvalue weighted by atomic mass is 32.1. The molecule has 5 nitrogen and oxygen atoms in total. The maximum Gasteiger partial charge on any atom is 0.322 e. The van der Waals surface area contributed by atoms with Gasteiger partial charge in [-0.15, -0.1) is 0 Å². The summed E-state index contributed by atoms with van der Waals surface area (Å²) < 4.78 is 5.77. The summed E-state index contributed by atoms with van der Waals surface area (Å²) in [4.78, 5) is 10.8. The van der Waals surface area contributed by atoms with E-state index in [9.17, 15) is 4.79 Å². The summed E-state index contributed by atoms with van der Waals surface area (Å²) in [6.07, 6.45) is 1.51. The van der Waals surface area contributed by atoms with Crippen LogP contribution >= 0.6 is 11.3 Å². The van der Waals surface area contributed by atoms with Crippen molar-refractivity contribution in [2.45, 2.75) is 26.7 Å². The van der Waals surface area contributed by atoms with Crippen LogP contribution in [-0.4, -0.2) is 16.8 Å². The summed E-state index contributed by atoms with van der Waals surface area (Å²) in [7, 11) is 0. The van der Waals surface area contributed by atoms with E-state index in [4.69, 9.17) is 10.00 Å². The van der Waals surface area contributed by atoms with Crippen molar-refractivity contribution in [2.75, 3.05) is 6.61 Å². The number of rotatable bonds is 5. The molecule has 6 heteroatoms. The molecule has 1 aromatic carbocycles. The summed E-state index contributed by atoms with van der Waals surface area (Å²) in [6.45, 7) is 4.42. The molecule has 0 saturated carbocycles. The van der Waals surface area contributed by atoms with Crippen LogP contribution in [0.1, 0.15) is 28.1 Å². The number of hydrogen-bond donors (Lipinski definition) is 1. The van der Waals surface area contributed by atoms with E-state index in [1.165, 1.54) is 0 Å². The van der Waals surface area contributed by atoms with Crippen molar-refractivity contribution in [2.24, 2.45) is 0 Å². The second-order valence-corrected chi connectivity index (χ2v) is 5.56. The number of aromatic amines is 1. The summed E-state index contributed by atoms with van der Waals surface area (Å²) in [5.74, 6) is 0.833. The summed E-state index contributed by atoms with van der Waals surface area (Å²) >= 11 is 1.13. The van der Waals surface area contributed by atoms with E-state index in [0.717, 1.165) is 46.1 Å². The number of nitrogens with zero attached hydrogens (tertiary/aromatic N) is 2. The molecule has 0 aliphatic heterocycles. The molecule has 0 aliphatic rings. The Hall–Kier alpha value is -2.13. The first kappa shape index (κ1) is 14.3. The van der Waals surface area contributed by atoms with Crippen molar-refractivity contribution < 1.29 is 4.74 Å². The molecule has 104 valence electrons. The second kappa shape index (κ2) is 6.35. The van der Waals surface area contributed by atoms with E-state index >= 15 is 0 Å². The molecular formula is C14H15N3O2S. The van der Waals surface area contributed by atoms with E-state index in [-0.39, 0.29) is 4.87 Å². The maximum absolute atomic E-state index is 10.9. The predicted octanol–water partition coefficient (Wildman–Crippen LogP) is 2.33. The van der Waals surface area contributed by atoms with Crippen molar-refractivity contribution in [1.29, 1.82) is 5.26 Å². The minimum atomic E-state index is -0.125. The SMILES string of the molecule is Cc1cc(C#N)cc(C)c1OCCCc1n[nH]c(=O)s1. The molecular weight excluding hydrogens is 274 g/mol. The Labute approximate surface area is 120 Å². The Balaban J connectivity index is 1.91. The van der Waals surface area contributed by atoms with E-state index in [1.54, 1.807) is 0 Å². The van der Waals surface area contributed by atoms with Crippen molar-refractivity contribution in [3.63, 3.8) is 0 Å². The molecule has 2 aromatic rings. The van der Waals surface area contributed by atoms with E-state index < -0.39 is 0 Å². The lowest BCUT2D eigenvalue weighted by Gasteiger charge is -2.12. The molecule has 0 fully saturated rings. The van der Waals surface area contributed by atoms with Crippen LogP contribution in [0.4, 0.5) is 0 Å². The van der Waals surface area contributed by atoms with Gasteiger partial charge < -0.3 is 4.74 Å². The van der Waals surface area contributed by atoms with Gasteiger partial charge in [0.05, 0.1) is 18.2 Å². The lowest BCUT2D eigenvalue weighted by Crippen LogP contribution is -2.02. The molecule has 2 rings (SSSR count). The van der Waals surface area contributed by atoms with Crippen molar-refractivity contribution in [3.05, 3.63) is 43.5 Å². The molecule has 1 aromatic heterocycles. The summed E-state index contributed by atoms with van der Waals surface area (Å²) in [6, 6.07) is 5.77. The Morgan fingerprint density at radius 1 is 1.40 bits per heavy atom. The monoisotopic (exact) mass is 289 g/mol. The van der Waals surface area contributed by atoms with Gasteiger partial charge in [-0.05, 0) is 43.5 Å². The normalized spacial score (nSPS) is 10.2. The Morgan fingerprint density at radius 3 is 2.65 bits per heavy atom. The molecule has 0 unspecified atom stereocenters. The number of ether oxygens (including phenoxy) is 1. The van der Waals surface area contributed by atoms with Crippen molar-refractivity contribution >= 4 is 11.3 Å². The number of H-pyrrole nitrogens is 1. The molecule has 0 spiro atoms. The molecule has 0 aliphatic carbocycles. The molecule has 1 N–H and O–H groups in total. The Kier molecular flexibility index (Phi) is 4.53. The number of aryl methyl sites for hydroxylation is 3. The molecule has 0 bridgehead atoms. The molecule has 20 heavy (non-hydrogen) atoms. The van der Waals surface area contributed by atoms with Gasteiger partial charge in [0.15, 0.2) is 0 Å². The van der Waals surface area contributed by atoms with Gasteiger partial charge >= 0.3 is 4.87 Å². The first-order valence-electron chi connectivity index (χ1n) is 6.28. The fraction of sp³-hybridized carbons (Fsp3) is 0.357. The van der Waals surface area contributed by atoms with Crippen LogP contribution in [0, 0.1) is 25.2 Å². The highest BCUT2D eigenvalue weighted by molar-refractivity contribution is 7.08. The van der Waals surface area contributed by atoms with Gasteiger partial charge in [0.1, 0.15) is 10.8 Å². The average molecular weight is 289 g/mol. The van der Waals surface area contributed by atoms with Crippen molar-refractivity contribution in [1.82, 2.24) is 10.2 Å². The maximum atomic E-state index is 10.9. The van der Waals surface area contributed by atoms with E-state index in [0.29, 0.717) is 12.2 Å². The molecule has 1 heterocycles. The molecule has 0 amide bonds. The quantitative estimate of drug-likeness (QED) is 0.857. The minimum absolute atomic E-state index is 0.125. The zero-order valence-corrected chi connectivity index (χ0v) is 12.2. The number of nitrogens with one attached hydrogen (secondary N) is 1. The third-order valence-corrected chi connectivity index (χ3v) is 3.66. The first-order chi connectivity index (χ1) is 9.60. The van der Waals surface area contributed by atoms with Gasteiger partial charge in [-0.3, -0.25) is 4.79 Å². The zero-order valence-electron chi connectivity index (χ0n) is 11.4. The van der Waals surface area contributed by atoms with Gasteiger partial charge in [-0.25, -0.2) is 5.10 Å². The lowest BCUT2D eigenvalue weighted by atomic mass is 10.1. The van der Waals surface area contributed by atoms with Gasteiger partial charge in [0.25, 0.3) is 0 Å². The fourth-order valence-electron chi connectivity index (χ4n) is 2.01. The van der Waals surface area contributed by atoms with Crippen LogP contribution < -0.4 is 9.61 Å². The number of benzene rings is 1. The highest BCUT2D eigenvalue weighted by Crippen LogP contribution is 2.24. The van der Waals surface area contributed by atoms with Crippen LogP contribution in [-0.2, 0) is 6.42 Å². The number of nitriles is 1. The van der Waals surface area contributed by atoms with Gasteiger partial charge in [0.2, 0.25) is 0 Å². The van der Waals surface area contributed by atoms with Crippen LogP contribution in [0.25, 0.3) is 0 Å². The third-order valence-electron chi connectivity index (χ3n) is 2.85. The van der Waals surface area contributed by atoms with E-state index in [2.05, 4.69) is 16.3 Å². The van der Waals surface area contributed by atoms with Crippen molar-refractivity contribution in [3.8, 4) is 11.8 Å². The van der Waals surface area contributed by atoms with Crippen LogP contribution in [0.5, 0.6) is 5.75 Å². The van der Waals surface area contributed by atoms with Gasteiger partial charge in [-0.2, -0.15) is 10.4 Å². The van der Waals surface area contributed by atoms with Gasteiger partial charge in [-0.1, -0.05) is 11.3 Å². The molecule has 0 saturated heterocycles. The lowest BCUT2D eigenvalue weighted by molar-refractivity contribution is 0.307. The minimum Gasteiger partial charge on any atom is -0.493 e. The summed E-state index contributed by atoms with van der Waals surface area (Å²) in [5, 5.41) is 16.0. The van der Waals surface area contributed by atoms with E-state index in [1.807, 2.05) is 26.0 Å². The Bertz CT molecular complexity index is 674. The second-order valence-electron chi connectivity index (χ2n) is 4.51. The smallest absolute Gasteiger partial charge is 0.322 e. The number of aromatic nitrogens is 2. The Morgan fingerprint density at radius 2 is 2.10 bits per heavy atom. The number of hydrogen-bond acceptors (Lipinski definition) is 5. The highest BCUT2D eigenvalue weighted by Gasteiger charge is 2.07.